The van der Waals surface area contributed by atoms with Crippen LogP contribution in [0.15, 0.2) is 0 Å². The molecule has 1 aliphatic heterocycles. The van der Waals surface area contributed by atoms with Gasteiger partial charge in [-0.15, -0.1) is 0 Å². The maximum atomic E-state index is 5.98. The molecule has 66 valence electrons. The Morgan fingerprint density at radius 2 is 2.33 bits per heavy atom. The highest BCUT2D eigenvalue weighted by Gasteiger charge is 2.25. The summed E-state index contributed by atoms with van der Waals surface area (Å²) in [6, 6.07) is 0.0694. The van der Waals surface area contributed by atoms with Gasteiger partial charge in [0.2, 0.25) is 0 Å². The lowest BCUT2D eigenvalue weighted by atomic mass is 9.96. The molecule has 1 aliphatic rings. The minimum Gasteiger partial charge on any atom is -0.321 e. The third kappa shape index (κ3) is 1.03. The van der Waals surface area contributed by atoms with E-state index in [1.807, 2.05) is 11.6 Å². The summed E-state index contributed by atoms with van der Waals surface area (Å²) >= 11 is 0. The number of fused-ring (bicyclic) bond motifs is 1. The molecule has 4 nitrogen and oxygen atoms in total. The molecule has 12 heavy (non-hydrogen) atoms. The van der Waals surface area contributed by atoms with Gasteiger partial charge in [0.15, 0.2) is 0 Å². The summed E-state index contributed by atoms with van der Waals surface area (Å²) in [6.07, 6.45) is 1.11. The number of hydrogen-bond donors (Lipinski definition) is 1. The predicted molar refractivity (Wildman–Crippen MR) is 45.5 cm³/mol. The fourth-order valence-electron chi connectivity index (χ4n) is 1.64. The van der Waals surface area contributed by atoms with Crippen molar-refractivity contribution in [1.29, 1.82) is 0 Å². The Morgan fingerprint density at radius 3 is 3.08 bits per heavy atom. The molecule has 0 saturated heterocycles. The highest BCUT2D eigenvalue weighted by molar-refractivity contribution is 5.01. The fourth-order valence-corrected chi connectivity index (χ4v) is 1.64. The Labute approximate surface area is 71.8 Å². The Bertz CT molecular complexity index is 291. The van der Waals surface area contributed by atoms with Crippen LogP contribution in [0.2, 0.25) is 0 Å². The highest BCUT2D eigenvalue weighted by atomic mass is 15.4. The van der Waals surface area contributed by atoms with Gasteiger partial charge in [-0.3, -0.25) is 0 Å². The fraction of sp³-hybridized carbons (Fsp3) is 0.750. The van der Waals surface area contributed by atoms with E-state index in [1.54, 1.807) is 0 Å². The highest BCUT2D eigenvalue weighted by Crippen LogP contribution is 2.25. The summed E-state index contributed by atoms with van der Waals surface area (Å²) in [5.74, 6) is 2.31. The van der Waals surface area contributed by atoms with E-state index in [2.05, 4.69) is 17.0 Å². The zero-order valence-corrected chi connectivity index (χ0v) is 7.49. The van der Waals surface area contributed by atoms with Gasteiger partial charge < -0.3 is 5.73 Å². The summed E-state index contributed by atoms with van der Waals surface area (Å²) in [5.41, 5.74) is 5.98. The zero-order valence-electron chi connectivity index (χ0n) is 7.49. The van der Waals surface area contributed by atoms with Crippen molar-refractivity contribution in [3.05, 3.63) is 11.6 Å². The van der Waals surface area contributed by atoms with Crippen LogP contribution in [0.3, 0.4) is 0 Å². The molecule has 0 radical (unpaired) electrons. The first-order chi connectivity index (χ1) is 5.68. The van der Waals surface area contributed by atoms with Crippen LogP contribution in [-0.2, 0) is 6.54 Å². The van der Waals surface area contributed by atoms with Gasteiger partial charge in [-0.05, 0) is 19.3 Å². The zero-order chi connectivity index (χ0) is 8.72. The smallest absolute Gasteiger partial charge is 0.147 e. The van der Waals surface area contributed by atoms with E-state index in [9.17, 15) is 0 Å². The number of aryl methyl sites for hydroxylation is 2. The first-order valence-electron chi connectivity index (χ1n) is 4.35. The summed E-state index contributed by atoms with van der Waals surface area (Å²) < 4.78 is 1.93. The van der Waals surface area contributed by atoms with E-state index in [-0.39, 0.29) is 6.04 Å². The summed E-state index contributed by atoms with van der Waals surface area (Å²) in [4.78, 5) is 4.31. The van der Waals surface area contributed by atoms with Crippen LogP contribution in [0.5, 0.6) is 0 Å². The number of nitrogens with zero attached hydrogens (tertiary/aromatic N) is 3. The van der Waals surface area contributed by atoms with Crippen molar-refractivity contribution < 1.29 is 0 Å². The molecular weight excluding hydrogens is 152 g/mol. The second-order valence-electron chi connectivity index (χ2n) is 3.53. The lowest BCUT2D eigenvalue weighted by molar-refractivity contribution is 0.323. The van der Waals surface area contributed by atoms with Crippen molar-refractivity contribution in [2.75, 3.05) is 0 Å². The number of nitrogens with two attached hydrogens (primary N) is 1. The van der Waals surface area contributed by atoms with E-state index in [0.29, 0.717) is 5.92 Å². The molecule has 2 atom stereocenters. The predicted octanol–water partition coefficient (Wildman–Crippen LogP) is 0.626. The van der Waals surface area contributed by atoms with Gasteiger partial charge in [0.25, 0.3) is 0 Å². The average Bonchev–Trinajstić information content (AvgIpc) is 2.39. The molecule has 2 rings (SSSR count). The van der Waals surface area contributed by atoms with Crippen LogP contribution in [0.4, 0.5) is 0 Å². The van der Waals surface area contributed by atoms with Crippen LogP contribution in [0, 0.1) is 12.8 Å². The molecular formula is C8H14N4. The van der Waals surface area contributed by atoms with Gasteiger partial charge in [0, 0.05) is 6.54 Å². The van der Waals surface area contributed by atoms with Crippen molar-refractivity contribution in [1.82, 2.24) is 14.8 Å². The quantitative estimate of drug-likeness (QED) is 0.615. The van der Waals surface area contributed by atoms with Gasteiger partial charge in [-0.2, -0.15) is 5.10 Å². The molecule has 2 unspecified atom stereocenters. The molecule has 4 heteroatoms. The Hall–Kier alpha value is -0.900. The lowest BCUT2D eigenvalue weighted by Crippen LogP contribution is -2.29. The molecule has 0 aliphatic carbocycles. The first kappa shape index (κ1) is 7.73. The Balaban J connectivity index is 2.41. The van der Waals surface area contributed by atoms with Crippen LogP contribution in [0.1, 0.15) is 31.0 Å². The van der Waals surface area contributed by atoms with E-state index in [0.717, 1.165) is 24.6 Å². The Morgan fingerprint density at radius 1 is 1.58 bits per heavy atom. The summed E-state index contributed by atoms with van der Waals surface area (Å²) in [6.45, 7) is 5.03. The molecule has 0 bridgehead atoms. The van der Waals surface area contributed by atoms with E-state index < -0.39 is 0 Å². The van der Waals surface area contributed by atoms with E-state index in [1.165, 1.54) is 0 Å². The first-order valence-corrected chi connectivity index (χ1v) is 4.35. The molecule has 0 saturated carbocycles. The normalized spacial score (nSPS) is 28.6. The molecule has 2 N–H and O–H groups in total. The molecule has 0 aromatic carbocycles. The molecule has 0 fully saturated rings. The largest absolute Gasteiger partial charge is 0.321 e. The van der Waals surface area contributed by atoms with Gasteiger partial charge in [0.05, 0.1) is 6.04 Å². The second kappa shape index (κ2) is 2.55. The summed E-state index contributed by atoms with van der Waals surface area (Å²) in [7, 11) is 0. The van der Waals surface area contributed by atoms with Crippen molar-refractivity contribution in [3.8, 4) is 0 Å². The van der Waals surface area contributed by atoms with Gasteiger partial charge in [0.1, 0.15) is 11.6 Å². The van der Waals surface area contributed by atoms with Crippen molar-refractivity contribution in [2.24, 2.45) is 11.7 Å². The maximum Gasteiger partial charge on any atom is 0.147 e. The SMILES string of the molecule is Cc1nc2n(n1)CCC(C)C2N. The molecule has 1 aromatic heterocycles. The topological polar surface area (TPSA) is 56.7 Å². The Kier molecular flexibility index (Phi) is 1.65. The number of aromatic nitrogens is 3. The maximum absolute atomic E-state index is 5.98. The van der Waals surface area contributed by atoms with Crippen LogP contribution in [-0.4, -0.2) is 14.8 Å². The van der Waals surface area contributed by atoms with Crippen molar-refractivity contribution in [3.63, 3.8) is 0 Å². The summed E-state index contributed by atoms with van der Waals surface area (Å²) in [5, 5.41) is 4.26. The second-order valence-corrected chi connectivity index (χ2v) is 3.53. The van der Waals surface area contributed by atoms with Crippen LogP contribution < -0.4 is 5.73 Å². The molecule has 0 spiro atoms. The minimum atomic E-state index is 0.0694. The van der Waals surface area contributed by atoms with Gasteiger partial charge >= 0.3 is 0 Å². The average molecular weight is 166 g/mol. The van der Waals surface area contributed by atoms with Crippen LogP contribution >= 0.6 is 0 Å². The standard InChI is InChI=1S/C8H14N4/c1-5-3-4-12-8(7(5)9)10-6(2)11-12/h5,7H,3-4,9H2,1-2H3. The van der Waals surface area contributed by atoms with Crippen LogP contribution in [0.25, 0.3) is 0 Å². The number of rotatable bonds is 0. The third-order valence-corrected chi connectivity index (χ3v) is 2.51. The minimum absolute atomic E-state index is 0.0694. The van der Waals surface area contributed by atoms with E-state index in [4.69, 9.17) is 5.73 Å². The third-order valence-electron chi connectivity index (χ3n) is 2.51. The van der Waals surface area contributed by atoms with E-state index >= 15 is 0 Å². The molecule has 2 heterocycles. The molecule has 1 aromatic rings. The molecule has 0 amide bonds. The van der Waals surface area contributed by atoms with Crippen molar-refractivity contribution in [2.45, 2.75) is 32.9 Å². The monoisotopic (exact) mass is 166 g/mol. The van der Waals surface area contributed by atoms with Gasteiger partial charge in [-0.25, -0.2) is 9.67 Å². The lowest BCUT2D eigenvalue weighted by Gasteiger charge is -2.24. The number of hydrogen-bond acceptors (Lipinski definition) is 3. The van der Waals surface area contributed by atoms with Gasteiger partial charge in [-0.1, -0.05) is 6.92 Å². The van der Waals surface area contributed by atoms with Crippen molar-refractivity contribution >= 4 is 0 Å².